The molecule has 0 aliphatic heterocycles. The van der Waals surface area contributed by atoms with Crippen LogP contribution in [0.3, 0.4) is 0 Å². The van der Waals surface area contributed by atoms with Crippen LogP contribution in [0.25, 0.3) is 0 Å². The smallest absolute Gasteiger partial charge is 0.233 e. The van der Waals surface area contributed by atoms with Gasteiger partial charge in [-0.3, -0.25) is 9.52 Å². The van der Waals surface area contributed by atoms with Crippen LogP contribution < -0.4 is 10.0 Å². The number of benzene rings is 1. The first-order chi connectivity index (χ1) is 11.4. The molecule has 0 spiro atoms. The van der Waals surface area contributed by atoms with E-state index in [1.807, 2.05) is 17.5 Å². The van der Waals surface area contributed by atoms with Crippen molar-refractivity contribution in [2.45, 2.75) is 13.3 Å². The first-order valence-electron chi connectivity index (χ1n) is 7.42. The van der Waals surface area contributed by atoms with Gasteiger partial charge in [0, 0.05) is 11.4 Å². The summed E-state index contributed by atoms with van der Waals surface area (Å²) in [7, 11) is -3.74. The van der Waals surface area contributed by atoms with E-state index >= 15 is 0 Å². The molecule has 0 bridgehead atoms. The molecule has 1 amide bonds. The lowest BCUT2D eigenvalue weighted by Crippen LogP contribution is -2.35. The second-order valence-corrected chi connectivity index (χ2v) is 8.21. The van der Waals surface area contributed by atoms with Gasteiger partial charge in [0.2, 0.25) is 15.9 Å². The minimum Gasteiger partial charge on any atom is -0.355 e. The average molecular weight is 370 g/mol. The molecule has 0 saturated heterocycles. The molecule has 0 aliphatic rings. The number of sulfonamides is 1. The van der Waals surface area contributed by atoms with Crippen LogP contribution >= 0.6 is 11.3 Å². The summed E-state index contributed by atoms with van der Waals surface area (Å²) in [6.07, 6.45) is 0.713. The van der Waals surface area contributed by atoms with Crippen LogP contribution in [0.1, 0.15) is 11.8 Å². The third kappa shape index (κ3) is 5.93. The van der Waals surface area contributed by atoms with Crippen molar-refractivity contribution in [3.8, 4) is 0 Å². The van der Waals surface area contributed by atoms with Crippen LogP contribution in [0.5, 0.6) is 0 Å². The molecule has 0 fully saturated rings. The van der Waals surface area contributed by atoms with Gasteiger partial charge in [0.25, 0.3) is 0 Å². The molecular weight excluding hydrogens is 351 g/mol. The van der Waals surface area contributed by atoms with E-state index in [4.69, 9.17) is 0 Å². The van der Waals surface area contributed by atoms with Crippen molar-refractivity contribution in [2.75, 3.05) is 17.0 Å². The summed E-state index contributed by atoms with van der Waals surface area (Å²) >= 11 is 1.61. The maximum absolute atomic E-state index is 13.1. The summed E-state index contributed by atoms with van der Waals surface area (Å²) in [5.41, 5.74) is 0.139. The van der Waals surface area contributed by atoms with E-state index in [1.54, 1.807) is 18.3 Å². The molecule has 0 aliphatic carbocycles. The average Bonchev–Trinajstić information content (AvgIpc) is 2.99. The molecule has 1 aromatic carbocycles. The zero-order valence-electron chi connectivity index (χ0n) is 13.2. The Hall–Kier alpha value is -1.93. The quantitative estimate of drug-likeness (QED) is 0.750. The molecule has 24 heavy (non-hydrogen) atoms. The predicted molar refractivity (Wildman–Crippen MR) is 94.0 cm³/mol. The second kappa shape index (κ2) is 8.25. The fourth-order valence-corrected chi connectivity index (χ4v) is 4.20. The van der Waals surface area contributed by atoms with Crippen LogP contribution in [0.15, 0.2) is 41.8 Å². The van der Waals surface area contributed by atoms with Crippen LogP contribution in [-0.2, 0) is 21.2 Å². The molecule has 1 unspecified atom stereocenters. The fraction of sp³-hybridized carbons (Fsp3) is 0.312. The highest BCUT2D eigenvalue weighted by atomic mass is 32.2. The first-order valence-corrected chi connectivity index (χ1v) is 9.95. The number of hydrogen-bond donors (Lipinski definition) is 2. The number of rotatable bonds is 8. The van der Waals surface area contributed by atoms with Crippen molar-refractivity contribution >= 4 is 33.0 Å². The minimum atomic E-state index is -3.74. The fourth-order valence-electron chi connectivity index (χ4n) is 2.12. The van der Waals surface area contributed by atoms with Crippen molar-refractivity contribution in [1.82, 2.24) is 5.32 Å². The highest BCUT2D eigenvalue weighted by Crippen LogP contribution is 2.13. The van der Waals surface area contributed by atoms with E-state index < -0.39 is 21.8 Å². The number of hydrogen-bond acceptors (Lipinski definition) is 4. The molecule has 130 valence electrons. The van der Waals surface area contributed by atoms with Gasteiger partial charge >= 0.3 is 0 Å². The van der Waals surface area contributed by atoms with E-state index in [2.05, 4.69) is 10.0 Å². The molecule has 1 atom stereocenters. The van der Waals surface area contributed by atoms with Crippen molar-refractivity contribution < 1.29 is 17.6 Å². The Morgan fingerprint density at radius 3 is 2.75 bits per heavy atom. The molecule has 2 aromatic rings. The normalized spacial score (nSPS) is 12.6. The first kappa shape index (κ1) is 18.4. The maximum Gasteiger partial charge on any atom is 0.233 e. The summed E-state index contributed by atoms with van der Waals surface area (Å²) in [6.45, 7) is 2.01. The third-order valence-electron chi connectivity index (χ3n) is 3.27. The van der Waals surface area contributed by atoms with Gasteiger partial charge < -0.3 is 5.32 Å². The second-order valence-electron chi connectivity index (χ2n) is 5.42. The van der Waals surface area contributed by atoms with Crippen LogP contribution in [-0.4, -0.2) is 26.6 Å². The van der Waals surface area contributed by atoms with Crippen LogP contribution in [0.4, 0.5) is 10.1 Å². The number of nitrogens with one attached hydrogen (secondary N) is 2. The number of thiophene rings is 1. The zero-order chi connectivity index (χ0) is 17.6. The summed E-state index contributed by atoms with van der Waals surface area (Å²) in [6, 6.07) is 9.09. The highest BCUT2D eigenvalue weighted by Gasteiger charge is 2.21. The van der Waals surface area contributed by atoms with Crippen molar-refractivity contribution in [3.63, 3.8) is 0 Å². The molecule has 1 heterocycles. The molecule has 8 heteroatoms. The van der Waals surface area contributed by atoms with E-state index in [1.165, 1.54) is 18.2 Å². The van der Waals surface area contributed by atoms with E-state index in [-0.39, 0.29) is 17.3 Å². The van der Waals surface area contributed by atoms with Gasteiger partial charge in [-0.15, -0.1) is 11.3 Å². The van der Waals surface area contributed by atoms with Gasteiger partial charge in [-0.25, -0.2) is 12.8 Å². The predicted octanol–water partition coefficient (Wildman–Crippen LogP) is 2.62. The summed E-state index contributed by atoms with van der Waals surface area (Å²) in [5, 5.41) is 4.69. The Labute approximate surface area is 145 Å². The van der Waals surface area contributed by atoms with Crippen LogP contribution in [0.2, 0.25) is 0 Å². The van der Waals surface area contributed by atoms with Gasteiger partial charge in [-0.1, -0.05) is 19.1 Å². The zero-order valence-corrected chi connectivity index (χ0v) is 14.8. The Bertz CT molecular complexity index is 776. The Morgan fingerprint density at radius 2 is 2.08 bits per heavy atom. The topological polar surface area (TPSA) is 75.3 Å². The lowest BCUT2D eigenvalue weighted by atomic mass is 10.2. The molecule has 0 radical (unpaired) electrons. The molecule has 5 nitrogen and oxygen atoms in total. The van der Waals surface area contributed by atoms with Crippen molar-refractivity contribution in [2.24, 2.45) is 5.92 Å². The monoisotopic (exact) mass is 370 g/mol. The van der Waals surface area contributed by atoms with Gasteiger partial charge in [0.1, 0.15) is 5.82 Å². The highest BCUT2D eigenvalue weighted by molar-refractivity contribution is 7.92. The number of halogens is 1. The van der Waals surface area contributed by atoms with Crippen LogP contribution in [0, 0.1) is 11.7 Å². The van der Waals surface area contributed by atoms with E-state index in [0.29, 0.717) is 13.0 Å². The molecule has 1 aromatic heterocycles. The standard InChI is InChI=1S/C16H19FN2O3S2/c1-12(16(20)18-8-7-15-6-3-9-23-15)11-24(21,22)19-14-5-2-4-13(17)10-14/h2-6,9-10,12,19H,7-8,11H2,1H3,(H,18,20). The van der Waals surface area contributed by atoms with Gasteiger partial charge in [-0.05, 0) is 36.1 Å². The molecule has 2 rings (SSSR count). The number of amides is 1. The molecule has 0 saturated carbocycles. The van der Waals surface area contributed by atoms with Gasteiger partial charge in [0.15, 0.2) is 0 Å². The largest absolute Gasteiger partial charge is 0.355 e. The molecule has 2 N–H and O–H groups in total. The summed E-state index contributed by atoms with van der Waals surface area (Å²) in [4.78, 5) is 13.2. The lowest BCUT2D eigenvalue weighted by Gasteiger charge is -2.13. The van der Waals surface area contributed by atoms with E-state index in [9.17, 15) is 17.6 Å². The van der Waals surface area contributed by atoms with Crippen molar-refractivity contribution in [1.29, 1.82) is 0 Å². The lowest BCUT2D eigenvalue weighted by molar-refractivity contribution is -0.123. The third-order valence-corrected chi connectivity index (χ3v) is 5.69. The Kier molecular flexibility index (Phi) is 6.33. The van der Waals surface area contributed by atoms with Gasteiger partial charge in [0.05, 0.1) is 17.4 Å². The van der Waals surface area contributed by atoms with Gasteiger partial charge in [-0.2, -0.15) is 0 Å². The summed E-state index contributed by atoms with van der Waals surface area (Å²) < 4.78 is 39.5. The van der Waals surface area contributed by atoms with E-state index in [0.717, 1.165) is 10.9 Å². The SMILES string of the molecule is CC(CS(=O)(=O)Nc1cccc(F)c1)C(=O)NCCc1cccs1. The summed E-state index contributed by atoms with van der Waals surface area (Å²) in [5.74, 6) is -1.93. The molecular formula is C16H19FN2O3S2. The maximum atomic E-state index is 13.1. The Morgan fingerprint density at radius 1 is 1.29 bits per heavy atom. The number of carbonyl (C=O) groups excluding carboxylic acids is 1. The number of carbonyl (C=O) groups is 1. The number of anilines is 1. The Balaban J connectivity index is 1.82. The minimum absolute atomic E-state index is 0.139. The van der Waals surface area contributed by atoms with Crippen molar-refractivity contribution in [3.05, 3.63) is 52.5 Å².